The molecule has 0 radical (unpaired) electrons. The lowest BCUT2D eigenvalue weighted by Gasteiger charge is -2.49. The number of hydrogen-bond donors (Lipinski definition) is 0. The van der Waals surface area contributed by atoms with Gasteiger partial charge >= 0.3 is 0 Å². The van der Waals surface area contributed by atoms with Gasteiger partial charge < -0.3 is 28.4 Å². The third-order valence-corrected chi connectivity index (χ3v) is 4.10. The Hall–Kier alpha value is -0.240. The first kappa shape index (κ1) is 21.8. The molecule has 0 aromatic rings. The quantitative estimate of drug-likeness (QED) is 0.540. The van der Waals surface area contributed by atoms with E-state index in [1.165, 1.54) is 0 Å². The molecule has 0 atom stereocenters. The lowest BCUT2D eigenvalue weighted by Crippen LogP contribution is -2.67. The van der Waals surface area contributed by atoms with Crippen molar-refractivity contribution in [3.8, 4) is 0 Å². The summed E-state index contributed by atoms with van der Waals surface area (Å²) in [6, 6.07) is 0. The highest BCUT2D eigenvalue weighted by atomic mass is 16.6. The average molecular weight is 348 g/mol. The van der Waals surface area contributed by atoms with E-state index in [-0.39, 0.29) is 36.6 Å². The van der Waals surface area contributed by atoms with Crippen molar-refractivity contribution in [3.63, 3.8) is 0 Å². The first-order valence-electron chi connectivity index (χ1n) is 9.39. The second-order valence-electron chi connectivity index (χ2n) is 5.52. The molecule has 1 rings (SSSR count). The summed E-state index contributed by atoms with van der Waals surface area (Å²) in [6.45, 7) is 15.3. The Morgan fingerprint density at radius 2 is 0.458 bits per heavy atom. The molecule has 0 spiro atoms. The second kappa shape index (κ2) is 12.2. The Labute approximate surface area is 147 Å². The molecular formula is C18H36O6. The van der Waals surface area contributed by atoms with Gasteiger partial charge in [0.2, 0.25) is 0 Å². The van der Waals surface area contributed by atoms with Gasteiger partial charge in [0.15, 0.2) is 0 Å². The van der Waals surface area contributed by atoms with E-state index in [2.05, 4.69) is 0 Å². The van der Waals surface area contributed by atoms with Gasteiger partial charge in [-0.1, -0.05) is 0 Å². The predicted octanol–water partition coefficient (Wildman–Crippen LogP) is 2.43. The Morgan fingerprint density at radius 3 is 0.542 bits per heavy atom. The van der Waals surface area contributed by atoms with Crippen LogP contribution in [0.15, 0.2) is 0 Å². The monoisotopic (exact) mass is 348 g/mol. The fourth-order valence-corrected chi connectivity index (χ4v) is 3.41. The summed E-state index contributed by atoms with van der Waals surface area (Å²) in [7, 11) is 0. The van der Waals surface area contributed by atoms with Gasteiger partial charge in [-0.3, -0.25) is 0 Å². The van der Waals surface area contributed by atoms with Crippen molar-refractivity contribution in [3.05, 3.63) is 0 Å². The minimum atomic E-state index is -0.250. The minimum Gasteiger partial charge on any atom is -0.373 e. The highest BCUT2D eigenvalue weighted by Crippen LogP contribution is 2.33. The molecule has 0 amide bonds. The molecule has 0 aliphatic heterocycles. The molecule has 0 aromatic carbocycles. The zero-order chi connectivity index (χ0) is 17.9. The smallest absolute Gasteiger partial charge is 0.115 e. The van der Waals surface area contributed by atoms with E-state index >= 15 is 0 Å². The van der Waals surface area contributed by atoms with E-state index in [1.807, 2.05) is 41.5 Å². The normalized spacial score (nSPS) is 33.8. The predicted molar refractivity (Wildman–Crippen MR) is 92.5 cm³/mol. The van der Waals surface area contributed by atoms with Gasteiger partial charge in [-0.15, -0.1) is 0 Å². The van der Waals surface area contributed by atoms with E-state index in [0.717, 1.165) is 0 Å². The first-order valence-corrected chi connectivity index (χ1v) is 9.39. The maximum atomic E-state index is 6.03. The van der Waals surface area contributed by atoms with E-state index in [4.69, 9.17) is 28.4 Å². The topological polar surface area (TPSA) is 55.4 Å². The van der Waals surface area contributed by atoms with Gasteiger partial charge in [-0.25, -0.2) is 0 Å². The summed E-state index contributed by atoms with van der Waals surface area (Å²) in [5.41, 5.74) is 0. The number of ether oxygens (including phenoxy) is 6. The largest absolute Gasteiger partial charge is 0.373 e. The van der Waals surface area contributed by atoms with E-state index in [9.17, 15) is 0 Å². The Bertz CT molecular complexity index is 224. The van der Waals surface area contributed by atoms with Crippen molar-refractivity contribution < 1.29 is 28.4 Å². The maximum Gasteiger partial charge on any atom is 0.115 e. The molecule has 0 bridgehead atoms. The second-order valence-corrected chi connectivity index (χ2v) is 5.52. The molecule has 0 aromatic heterocycles. The standard InChI is InChI=1S/C18H36O6/c1-7-19-13-14(20-8-2)16(22-10-4)18(24-12-6)17(23-11-5)15(13)21-9-3/h13-18H,7-12H2,1-6H3/t13-,14-,15-,16+,17-,18-. The molecule has 0 heterocycles. The fourth-order valence-electron chi connectivity index (χ4n) is 3.41. The van der Waals surface area contributed by atoms with Crippen LogP contribution in [0.4, 0.5) is 0 Å². The summed E-state index contributed by atoms with van der Waals surface area (Å²) in [4.78, 5) is 0. The lowest BCUT2D eigenvalue weighted by molar-refractivity contribution is -0.278. The molecule has 1 aliphatic rings. The Morgan fingerprint density at radius 1 is 0.333 bits per heavy atom. The van der Waals surface area contributed by atoms with Crippen LogP contribution in [0, 0.1) is 0 Å². The van der Waals surface area contributed by atoms with Crippen molar-refractivity contribution in [1.29, 1.82) is 0 Å². The summed E-state index contributed by atoms with van der Waals surface area (Å²) in [5.74, 6) is 0. The van der Waals surface area contributed by atoms with Crippen LogP contribution in [-0.4, -0.2) is 76.3 Å². The zero-order valence-corrected chi connectivity index (χ0v) is 16.2. The van der Waals surface area contributed by atoms with Gasteiger partial charge in [-0.05, 0) is 41.5 Å². The highest BCUT2D eigenvalue weighted by Gasteiger charge is 2.54. The van der Waals surface area contributed by atoms with Gasteiger partial charge in [0.05, 0.1) is 0 Å². The molecule has 0 unspecified atom stereocenters. The van der Waals surface area contributed by atoms with Crippen LogP contribution in [0.2, 0.25) is 0 Å². The van der Waals surface area contributed by atoms with Crippen molar-refractivity contribution in [2.75, 3.05) is 39.6 Å². The lowest BCUT2D eigenvalue weighted by atomic mass is 9.83. The molecular weight excluding hydrogens is 312 g/mol. The molecule has 1 fully saturated rings. The van der Waals surface area contributed by atoms with Crippen molar-refractivity contribution in [1.82, 2.24) is 0 Å². The molecule has 24 heavy (non-hydrogen) atoms. The molecule has 6 heteroatoms. The number of rotatable bonds is 12. The van der Waals surface area contributed by atoms with Crippen molar-refractivity contribution >= 4 is 0 Å². The SMILES string of the molecule is CCO[C@H]1[C@H](OCC)[C@@H](OCC)[C@H](OCC)[C@@H](OCC)[C@H]1OCC. The van der Waals surface area contributed by atoms with Crippen LogP contribution in [0.3, 0.4) is 0 Å². The van der Waals surface area contributed by atoms with Crippen LogP contribution in [0.5, 0.6) is 0 Å². The third-order valence-electron chi connectivity index (χ3n) is 4.10. The summed E-state index contributed by atoms with van der Waals surface area (Å²) in [5, 5.41) is 0. The third kappa shape index (κ3) is 5.38. The van der Waals surface area contributed by atoms with Gasteiger partial charge in [0.1, 0.15) is 36.6 Å². The Kier molecular flexibility index (Phi) is 11.1. The summed E-state index contributed by atoms with van der Waals surface area (Å²) in [6.07, 6.45) is -1.50. The number of hydrogen-bond acceptors (Lipinski definition) is 6. The van der Waals surface area contributed by atoms with Crippen LogP contribution < -0.4 is 0 Å². The summed E-state index contributed by atoms with van der Waals surface area (Å²) >= 11 is 0. The molecule has 0 saturated heterocycles. The molecule has 6 nitrogen and oxygen atoms in total. The van der Waals surface area contributed by atoms with Gasteiger partial charge in [-0.2, -0.15) is 0 Å². The Balaban J connectivity index is 3.22. The van der Waals surface area contributed by atoms with Gasteiger partial charge in [0.25, 0.3) is 0 Å². The maximum absolute atomic E-state index is 6.03. The van der Waals surface area contributed by atoms with Crippen LogP contribution in [0.25, 0.3) is 0 Å². The molecule has 1 aliphatic carbocycles. The highest BCUT2D eigenvalue weighted by molar-refractivity contribution is 5.03. The van der Waals surface area contributed by atoms with Crippen LogP contribution in [-0.2, 0) is 28.4 Å². The van der Waals surface area contributed by atoms with Crippen LogP contribution in [0.1, 0.15) is 41.5 Å². The van der Waals surface area contributed by atoms with E-state index in [0.29, 0.717) is 39.6 Å². The van der Waals surface area contributed by atoms with Crippen molar-refractivity contribution in [2.45, 2.75) is 78.2 Å². The molecule has 1 saturated carbocycles. The fraction of sp³-hybridized carbons (Fsp3) is 1.00. The summed E-state index contributed by atoms with van der Waals surface area (Å²) < 4.78 is 36.2. The van der Waals surface area contributed by atoms with Crippen molar-refractivity contribution in [2.24, 2.45) is 0 Å². The van der Waals surface area contributed by atoms with Crippen LogP contribution >= 0.6 is 0 Å². The van der Waals surface area contributed by atoms with E-state index in [1.54, 1.807) is 0 Å². The average Bonchev–Trinajstić information content (AvgIpc) is 2.57. The first-order chi connectivity index (χ1) is 11.7. The minimum absolute atomic E-state index is 0.250. The zero-order valence-electron chi connectivity index (χ0n) is 16.2. The van der Waals surface area contributed by atoms with E-state index < -0.39 is 0 Å². The van der Waals surface area contributed by atoms with Gasteiger partial charge in [0, 0.05) is 39.6 Å². The molecule has 144 valence electrons. The molecule has 0 N–H and O–H groups in total.